The van der Waals surface area contributed by atoms with Gasteiger partial charge in [-0.25, -0.2) is 4.39 Å². The van der Waals surface area contributed by atoms with Crippen LogP contribution in [0.15, 0.2) is 24.3 Å². The molecule has 0 aromatic heterocycles. The Balaban J connectivity index is 0.00000128. The predicted octanol–water partition coefficient (Wildman–Crippen LogP) is 0.355. The molecule has 0 atom stereocenters. The molecule has 1 amide bonds. The zero-order valence-corrected chi connectivity index (χ0v) is 10.1. The minimum atomic E-state index is -0.255. The normalized spacial score (nSPS) is 14.9. The van der Waals surface area contributed by atoms with Crippen molar-refractivity contribution in [2.75, 3.05) is 19.6 Å². The first-order valence-electron chi connectivity index (χ1n) is 4.98. The largest absolute Gasteiger partial charge is 0.412 e. The Morgan fingerprint density at radius 2 is 2.18 bits per heavy atom. The van der Waals surface area contributed by atoms with Crippen LogP contribution >= 0.6 is 12.4 Å². The molecule has 2 rings (SSSR count). The summed E-state index contributed by atoms with van der Waals surface area (Å²) in [5, 5.41) is 3.00. The molecule has 1 heterocycles. The highest BCUT2D eigenvalue weighted by Crippen LogP contribution is 2.08. The van der Waals surface area contributed by atoms with Crippen molar-refractivity contribution >= 4 is 18.3 Å². The summed E-state index contributed by atoms with van der Waals surface area (Å²) in [5.41, 5.74) is 0.838. The predicted molar refractivity (Wildman–Crippen MR) is 65.5 cm³/mol. The van der Waals surface area contributed by atoms with Crippen LogP contribution in [-0.4, -0.2) is 35.9 Å². The van der Waals surface area contributed by atoms with Gasteiger partial charge in [0, 0.05) is 19.6 Å². The molecule has 96 valence electrons. The number of carbonyl (C=O) groups is 1. The minimum Gasteiger partial charge on any atom is -0.412 e. The molecule has 1 fully saturated rings. The summed E-state index contributed by atoms with van der Waals surface area (Å²) >= 11 is 0. The van der Waals surface area contributed by atoms with E-state index in [0.29, 0.717) is 19.6 Å². The second-order valence-corrected chi connectivity index (χ2v) is 3.62. The van der Waals surface area contributed by atoms with E-state index in [9.17, 15) is 9.18 Å². The molecule has 0 spiro atoms. The van der Waals surface area contributed by atoms with Crippen LogP contribution in [0.3, 0.4) is 0 Å². The number of nitrogens with one attached hydrogen (secondary N) is 1. The van der Waals surface area contributed by atoms with E-state index in [1.807, 2.05) is 6.07 Å². The number of nitrogens with zero attached hydrogens (tertiary/aromatic N) is 1. The second-order valence-electron chi connectivity index (χ2n) is 3.62. The summed E-state index contributed by atoms with van der Waals surface area (Å²) in [5.74, 6) is -0.180. The van der Waals surface area contributed by atoms with Gasteiger partial charge < -0.3 is 15.7 Å². The molecule has 6 heteroatoms. The van der Waals surface area contributed by atoms with Gasteiger partial charge in [0.2, 0.25) is 5.91 Å². The number of hydrogen-bond acceptors (Lipinski definition) is 2. The topological polar surface area (TPSA) is 63.8 Å². The number of hydrogen-bond donors (Lipinski definition) is 1. The Hall–Kier alpha value is -1.17. The molecule has 1 aliphatic heterocycles. The summed E-state index contributed by atoms with van der Waals surface area (Å²) in [6.45, 7) is 2.38. The van der Waals surface area contributed by atoms with E-state index >= 15 is 0 Å². The van der Waals surface area contributed by atoms with Crippen molar-refractivity contribution in [3.05, 3.63) is 35.6 Å². The van der Waals surface area contributed by atoms with E-state index in [4.69, 9.17) is 0 Å². The van der Waals surface area contributed by atoms with Gasteiger partial charge >= 0.3 is 0 Å². The van der Waals surface area contributed by atoms with Crippen LogP contribution in [0.5, 0.6) is 0 Å². The van der Waals surface area contributed by atoms with Gasteiger partial charge in [-0.05, 0) is 17.7 Å². The number of carbonyl (C=O) groups excluding carboxylic acids is 1. The number of rotatable bonds is 2. The zero-order chi connectivity index (χ0) is 10.7. The van der Waals surface area contributed by atoms with Crippen LogP contribution in [0, 0.1) is 5.82 Å². The first-order chi connectivity index (χ1) is 7.25. The van der Waals surface area contributed by atoms with Crippen LogP contribution < -0.4 is 5.32 Å². The molecule has 0 aliphatic carbocycles. The molecule has 1 aromatic carbocycles. The van der Waals surface area contributed by atoms with Crippen molar-refractivity contribution in [1.82, 2.24) is 10.2 Å². The zero-order valence-electron chi connectivity index (χ0n) is 9.28. The second kappa shape index (κ2) is 7.21. The summed E-state index contributed by atoms with van der Waals surface area (Å²) in [4.78, 5) is 13.2. The van der Waals surface area contributed by atoms with Crippen molar-refractivity contribution in [2.24, 2.45) is 0 Å². The quantitative estimate of drug-likeness (QED) is 0.836. The highest BCUT2D eigenvalue weighted by atomic mass is 35.5. The van der Waals surface area contributed by atoms with Gasteiger partial charge in [-0.3, -0.25) is 4.79 Å². The standard InChI is InChI=1S/C11H13FN2O.ClH.H2O/c12-10-3-1-2-9(6-10)8-14-5-4-13-7-11(14)15;;/h1-3,6,13H,4-5,7-8H2;1H;1H2. The van der Waals surface area contributed by atoms with E-state index in [2.05, 4.69) is 5.32 Å². The summed E-state index contributed by atoms with van der Waals surface area (Å²) < 4.78 is 12.9. The first kappa shape index (κ1) is 15.8. The van der Waals surface area contributed by atoms with E-state index in [-0.39, 0.29) is 29.6 Å². The SMILES string of the molecule is Cl.O.O=C1CNCCN1Cc1cccc(F)c1. The highest BCUT2D eigenvalue weighted by Gasteiger charge is 2.17. The average Bonchev–Trinajstić information content (AvgIpc) is 2.22. The molecular weight excluding hydrogens is 247 g/mol. The van der Waals surface area contributed by atoms with Gasteiger partial charge in [0.25, 0.3) is 0 Å². The number of piperazine rings is 1. The van der Waals surface area contributed by atoms with E-state index < -0.39 is 0 Å². The van der Waals surface area contributed by atoms with Crippen LogP contribution in [0.25, 0.3) is 0 Å². The summed E-state index contributed by atoms with van der Waals surface area (Å²) in [6, 6.07) is 6.37. The van der Waals surface area contributed by atoms with Crippen molar-refractivity contribution in [2.45, 2.75) is 6.54 Å². The Morgan fingerprint density at radius 3 is 2.82 bits per heavy atom. The van der Waals surface area contributed by atoms with E-state index in [0.717, 1.165) is 12.1 Å². The van der Waals surface area contributed by atoms with Crippen molar-refractivity contribution < 1.29 is 14.7 Å². The molecule has 1 aromatic rings. The average molecular weight is 263 g/mol. The smallest absolute Gasteiger partial charge is 0.236 e. The fourth-order valence-electron chi connectivity index (χ4n) is 1.67. The minimum absolute atomic E-state index is 0. The monoisotopic (exact) mass is 262 g/mol. The van der Waals surface area contributed by atoms with Crippen LogP contribution in [0.2, 0.25) is 0 Å². The van der Waals surface area contributed by atoms with Crippen LogP contribution in [-0.2, 0) is 11.3 Å². The van der Waals surface area contributed by atoms with Crippen molar-refractivity contribution in [3.63, 3.8) is 0 Å². The molecule has 17 heavy (non-hydrogen) atoms. The Labute approximate surface area is 106 Å². The maximum atomic E-state index is 12.9. The first-order valence-corrected chi connectivity index (χ1v) is 4.98. The van der Waals surface area contributed by atoms with Crippen LogP contribution in [0.4, 0.5) is 4.39 Å². The number of halogens is 2. The third-order valence-electron chi connectivity index (χ3n) is 2.45. The van der Waals surface area contributed by atoms with Gasteiger partial charge in [-0.2, -0.15) is 0 Å². The maximum Gasteiger partial charge on any atom is 0.236 e. The molecule has 0 saturated carbocycles. The van der Waals surface area contributed by atoms with Gasteiger partial charge in [0.05, 0.1) is 6.54 Å². The molecular formula is C11H16ClFN2O2. The molecule has 3 N–H and O–H groups in total. The third kappa shape index (κ3) is 4.30. The lowest BCUT2D eigenvalue weighted by molar-refractivity contribution is -0.132. The maximum absolute atomic E-state index is 12.9. The summed E-state index contributed by atoms with van der Waals surface area (Å²) in [6.07, 6.45) is 0. The third-order valence-corrected chi connectivity index (χ3v) is 2.45. The van der Waals surface area contributed by atoms with Crippen molar-refractivity contribution in [3.8, 4) is 0 Å². The van der Waals surface area contributed by atoms with Gasteiger partial charge in [0.15, 0.2) is 0 Å². The molecule has 1 saturated heterocycles. The van der Waals surface area contributed by atoms with Gasteiger partial charge in [-0.1, -0.05) is 12.1 Å². The van der Waals surface area contributed by atoms with Crippen molar-refractivity contribution in [1.29, 1.82) is 0 Å². The molecule has 0 bridgehead atoms. The molecule has 0 radical (unpaired) electrons. The lowest BCUT2D eigenvalue weighted by atomic mass is 10.2. The fourth-order valence-corrected chi connectivity index (χ4v) is 1.67. The van der Waals surface area contributed by atoms with Crippen LogP contribution in [0.1, 0.15) is 5.56 Å². The number of benzene rings is 1. The number of amides is 1. The molecule has 4 nitrogen and oxygen atoms in total. The van der Waals surface area contributed by atoms with Gasteiger partial charge in [0.1, 0.15) is 5.82 Å². The van der Waals surface area contributed by atoms with E-state index in [1.54, 1.807) is 11.0 Å². The lowest BCUT2D eigenvalue weighted by Gasteiger charge is -2.27. The summed E-state index contributed by atoms with van der Waals surface area (Å²) in [7, 11) is 0. The Morgan fingerprint density at radius 1 is 1.41 bits per heavy atom. The van der Waals surface area contributed by atoms with E-state index in [1.165, 1.54) is 12.1 Å². The fraction of sp³-hybridized carbons (Fsp3) is 0.364. The Kier molecular flexibility index (Phi) is 6.72. The van der Waals surface area contributed by atoms with Gasteiger partial charge in [-0.15, -0.1) is 12.4 Å². The lowest BCUT2D eigenvalue weighted by Crippen LogP contribution is -2.47. The Bertz CT molecular complexity index is 376. The highest BCUT2D eigenvalue weighted by molar-refractivity contribution is 5.85. The molecule has 0 unspecified atom stereocenters. The molecule has 1 aliphatic rings.